The van der Waals surface area contributed by atoms with Crippen LogP contribution < -0.4 is 0 Å². The first-order valence-electron chi connectivity index (χ1n) is 6.77. The van der Waals surface area contributed by atoms with Crippen LogP contribution in [0, 0.1) is 11.3 Å². The van der Waals surface area contributed by atoms with Gasteiger partial charge in [0, 0.05) is 0 Å². The number of carbonyl (C=O) groups is 1. The summed E-state index contributed by atoms with van der Waals surface area (Å²) < 4.78 is 23.6. The van der Waals surface area contributed by atoms with Gasteiger partial charge < -0.3 is 0 Å². The summed E-state index contributed by atoms with van der Waals surface area (Å²) in [6, 6.07) is 10.7. The molecule has 0 N–H and O–H groups in total. The number of nitriles is 1. The van der Waals surface area contributed by atoms with Crippen molar-refractivity contribution in [2.45, 2.75) is 44.3 Å². The molecule has 0 aromatic heterocycles. The molecule has 1 unspecified atom stereocenters. The predicted octanol–water partition coefficient (Wildman–Crippen LogP) is 2.64. The Kier molecular flexibility index (Phi) is 4.95. The van der Waals surface area contributed by atoms with Crippen LogP contribution in [0.1, 0.15) is 39.7 Å². The molecular formula is C16H21NO3S. The van der Waals surface area contributed by atoms with Crippen molar-refractivity contribution < 1.29 is 13.2 Å². The largest absolute Gasteiger partial charge is 0.298 e. The van der Waals surface area contributed by atoms with E-state index in [4.69, 9.17) is 0 Å². The molecule has 0 saturated carbocycles. The average molecular weight is 307 g/mol. The first kappa shape index (κ1) is 17.4. The lowest BCUT2D eigenvalue weighted by Crippen LogP contribution is -2.38. The van der Waals surface area contributed by atoms with Gasteiger partial charge in [0.25, 0.3) is 0 Å². The fourth-order valence-corrected chi connectivity index (χ4v) is 3.23. The number of hydrogen-bond donors (Lipinski definition) is 0. The maximum absolute atomic E-state index is 12.2. The van der Waals surface area contributed by atoms with Crippen molar-refractivity contribution in [3.8, 4) is 6.07 Å². The van der Waals surface area contributed by atoms with Crippen LogP contribution >= 0.6 is 0 Å². The second kappa shape index (κ2) is 5.98. The van der Waals surface area contributed by atoms with E-state index in [-0.39, 0.29) is 18.0 Å². The Labute approximate surface area is 126 Å². The quantitative estimate of drug-likeness (QED) is 0.838. The molecule has 4 nitrogen and oxygen atoms in total. The van der Waals surface area contributed by atoms with Crippen LogP contribution in [-0.4, -0.2) is 24.7 Å². The van der Waals surface area contributed by atoms with Gasteiger partial charge in [-0.15, -0.1) is 0 Å². The summed E-state index contributed by atoms with van der Waals surface area (Å²) in [4.78, 5) is 12.0. The van der Waals surface area contributed by atoms with Gasteiger partial charge >= 0.3 is 0 Å². The van der Waals surface area contributed by atoms with Crippen LogP contribution in [0.2, 0.25) is 0 Å². The molecule has 0 aliphatic heterocycles. The van der Waals surface area contributed by atoms with Gasteiger partial charge in [0.15, 0.2) is 15.6 Å². The highest BCUT2D eigenvalue weighted by Crippen LogP contribution is 2.31. The average Bonchev–Trinajstić information content (AvgIpc) is 2.39. The zero-order chi connectivity index (χ0) is 16.3. The topological polar surface area (TPSA) is 75.0 Å². The van der Waals surface area contributed by atoms with E-state index in [0.29, 0.717) is 5.56 Å². The number of ketones is 1. The minimum atomic E-state index is -3.39. The highest BCUT2D eigenvalue weighted by Gasteiger charge is 2.40. The van der Waals surface area contributed by atoms with Crippen molar-refractivity contribution in [2.24, 2.45) is 0 Å². The van der Waals surface area contributed by atoms with Gasteiger partial charge in [0.1, 0.15) is 5.41 Å². The third-order valence-corrected chi connectivity index (χ3v) is 6.34. The highest BCUT2D eigenvalue weighted by atomic mass is 32.2. The Balaban J connectivity index is 3.20. The lowest BCUT2D eigenvalue weighted by Gasteiger charge is -2.26. The molecule has 0 heterocycles. The zero-order valence-corrected chi connectivity index (χ0v) is 13.7. The summed E-state index contributed by atoms with van der Waals surface area (Å²) in [7, 11) is -3.39. The number of rotatable bonds is 5. The first-order chi connectivity index (χ1) is 9.57. The van der Waals surface area contributed by atoms with E-state index in [2.05, 4.69) is 0 Å². The van der Waals surface area contributed by atoms with Gasteiger partial charge in [0.05, 0.1) is 16.6 Å². The maximum atomic E-state index is 12.2. The first-order valence-corrected chi connectivity index (χ1v) is 8.42. The van der Waals surface area contributed by atoms with Crippen LogP contribution in [0.15, 0.2) is 30.3 Å². The molecular weight excluding hydrogens is 286 g/mol. The third-order valence-electron chi connectivity index (χ3n) is 3.74. The second-order valence-corrected chi connectivity index (χ2v) is 8.98. The minimum Gasteiger partial charge on any atom is -0.298 e. The van der Waals surface area contributed by atoms with Crippen LogP contribution in [0.25, 0.3) is 0 Å². The van der Waals surface area contributed by atoms with Gasteiger partial charge in [-0.1, -0.05) is 30.3 Å². The standard InChI is InChI=1S/C16H21NO3S/c1-13(18)16(12-17,14-8-6-5-7-9-14)10-11-21(19,20)15(2,3)4/h5-9H,10-11H2,1-4H3. The lowest BCUT2D eigenvalue weighted by atomic mass is 9.76. The van der Waals surface area contributed by atoms with Gasteiger partial charge in [-0.25, -0.2) is 8.42 Å². The van der Waals surface area contributed by atoms with Crippen LogP contribution in [0.5, 0.6) is 0 Å². The van der Waals surface area contributed by atoms with Gasteiger partial charge in [-0.05, 0) is 39.7 Å². The van der Waals surface area contributed by atoms with Gasteiger partial charge in [-0.2, -0.15) is 5.26 Å². The fraction of sp³-hybridized carbons (Fsp3) is 0.500. The lowest BCUT2D eigenvalue weighted by molar-refractivity contribution is -0.120. The second-order valence-electron chi connectivity index (χ2n) is 6.12. The molecule has 114 valence electrons. The molecule has 21 heavy (non-hydrogen) atoms. The summed E-state index contributed by atoms with van der Waals surface area (Å²) in [6.07, 6.45) is -0.0253. The zero-order valence-electron chi connectivity index (χ0n) is 12.9. The molecule has 0 bridgehead atoms. The smallest absolute Gasteiger partial charge is 0.155 e. The van der Waals surface area contributed by atoms with Crippen LogP contribution in [0.4, 0.5) is 0 Å². The Hall–Kier alpha value is -1.67. The Morgan fingerprint density at radius 1 is 1.19 bits per heavy atom. The van der Waals surface area contributed by atoms with Crippen molar-refractivity contribution in [2.75, 3.05) is 5.75 Å². The van der Waals surface area contributed by atoms with E-state index >= 15 is 0 Å². The van der Waals surface area contributed by atoms with E-state index in [1.807, 2.05) is 6.07 Å². The molecule has 0 radical (unpaired) electrons. The normalized spacial score (nSPS) is 15.0. The molecule has 0 fully saturated rings. The number of nitrogens with zero attached hydrogens (tertiary/aromatic N) is 1. The predicted molar refractivity (Wildman–Crippen MR) is 82.6 cm³/mol. The number of carbonyl (C=O) groups excluding carboxylic acids is 1. The molecule has 1 atom stereocenters. The number of Topliss-reactive ketones (excluding diaryl/α,β-unsaturated/α-hetero) is 1. The van der Waals surface area contributed by atoms with Gasteiger partial charge in [0.2, 0.25) is 0 Å². The SMILES string of the molecule is CC(=O)C(C#N)(CCS(=O)(=O)C(C)(C)C)c1ccccc1. The molecule has 0 spiro atoms. The maximum Gasteiger partial charge on any atom is 0.155 e. The number of hydrogen-bond acceptors (Lipinski definition) is 4. The Bertz CT molecular complexity index is 651. The molecule has 0 aliphatic rings. The van der Waals surface area contributed by atoms with Gasteiger partial charge in [-0.3, -0.25) is 4.79 Å². The van der Waals surface area contributed by atoms with Crippen molar-refractivity contribution in [1.29, 1.82) is 5.26 Å². The number of sulfone groups is 1. The van der Waals surface area contributed by atoms with E-state index in [0.717, 1.165) is 0 Å². The number of benzene rings is 1. The van der Waals surface area contributed by atoms with Crippen molar-refractivity contribution in [3.63, 3.8) is 0 Å². The third kappa shape index (κ3) is 3.51. The molecule has 0 saturated heterocycles. The van der Waals surface area contributed by atoms with Crippen molar-refractivity contribution >= 4 is 15.6 Å². The van der Waals surface area contributed by atoms with Crippen LogP contribution in [-0.2, 0) is 20.0 Å². The highest BCUT2D eigenvalue weighted by molar-refractivity contribution is 7.92. The van der Waals surface area contributed by atoms with E-state index in [1.54, 1.807) is 51.1 Å². The summed E-state index contributed by atoms with van der Waals surface area (Å²) in [5.41, 5.74) is -0.858. The van der Waals surface area contributed by atoms with Crippen molar-refractivity contribution in [1.82, 2.24) is 0 Å². The Morgan fingerprint density at radius 3 is 2.10 bits per heavy atom. The monoisotopic (exact) mass is 307 g/mol. The summed E-state index contributed by atoms with van der Waals surface area (Å²) in [5, 5.41) is 9.53. The van der Waals surface area contributed by atoms with Crippen molar-refractivity contribution in [3.05, 3.63) is 35.9 Å². The van der Waals surface area contributed by atoms with E-state index in [9.17, 15) is 18.5 Å². The molecule has 0 aliphatic carbocycles. The summed E-state index contributed by atoms with van der Waals surface area (Å²) in [5.74, 6) is -0.529. The molecule has 1 rings (SSSR count). The van der Waals surface area contributed by atoms with E-state index < -0.39 is 20.0 Å². The summed E-state index contributed by atoms with van der Waals surface area (Å²) in [6.45, 7) is 6.19. The molecule has 1 aromatic rings. The molecule has 1 aromatic carbocycles. The minimum absolute atomic E-state index is 0.0253. The molecule has 0 amide bonds. The molecule has 5 heteroatoms. The summed E-state index contributed by atoms with van der Waals surface area (Å²) >= 11 is 0. The van der Waals surface area contributed by atoms with Crippen LogP contribution in [0.3, 0.4) is 0 Å². The Morgan fingerprint density at radius 2 is 1.71 bits per heavy atom. The fourth-order valence-electron chi connectivity index (χ4n) is 2.04. The van der Waals surface area contributed by atoms with E-state index in [1.165, 1.54) is 6.92 Å².